The molecule has 0 saturated carbocycles. The van der Waals surface area contributed by atoms with Crippen LogP contribution >= 0.6 is 0 Å². The minimum absolute atomic E-state index is 0.181. The van der Waals surface area contributed by atoms with Crippen molar-refractivity contribution in [2.75, 3.05) is 13.1 Å². The van der Waals surface area contributed by atoms with Crippen LogP contribution in [0.4, 0.5) is 0 Å². The first-order valence-corrected chi connectivity index (χ1v) is 7.47. The monoisotopic (exact) mass is 274 g/mol. The molecule has 3 rings (SSSR count). The fourth-order valence-electron chi connectivity index (χ4n) is 3.25. The molecule has 108 valence electrons. The molecule has 2 aliphatic heterocycles. The number of hydrogen-bond donors (Lipinski definition) is 1. The summed E-state index contributed by atoms with van der Waals surface area (Å²) in [5.41, 5.74) is 1.90. The van der Waals surface area contributed by atoms with Gasteiger partial charge in [-0.15, -0.1) is 0 Å². The number of nitrogens with zero attached hydrogens (tertiary/aromatic N) is 3. The van der Waals surface area contributed by atoms with E-state index in [1.54, 1.807) is 12.5 Å². The lowest BCUT2D eigenvalue weighted by Crippen LogP contribution is -2.43. The van der Waals surface area contributed by atoms with Crippen molar-refractivity contribution in [1.82, 2.24) is 20.2 Å². The molecule has 1 N–H and O–H groups in total. The Bertz CT molecular complexity index is 494. The van der Waals surface area contributed by atoms with Gasteiger partial charge < -0.3 is 4.90 Å². The first-order chi connectivity index (χ1) is 9.66. The normalized spacial score (nSPS) is 23.1. The third kappa shape index (κ3) is 2.42. The lowest BCUT2D eigenvalue weighted by atomic mass is 9.86. The fraction of sp³-hybridized carbons (Fsp3) is 0.667. The van der Waals surface area contributed by atoms with Crippen LogP contribution < -0.4 is 5.32 Å². The zero-order chi connectivity index (χ0) is 14.1. The Morgan fingerprint density at radius 2 is 2.15 bits per heavy atom. The van der Waals surface area contributed by atoms with Crippen molar-refractivity contribution in [3.05, 3.63) is 23.8 Å². The van der Waals surface area contributed by atoms with E-state index in [4.69, 9.17) is 0 Å². The fourth-order valence-corrected chi connectivity index (χ4v) is 3.25. The van der Waals surface area contributed by atoms with Crippen LogP contribution in [-0.4, -0.2) is 33.9 Å². The van der Waals surface area contributed by atoms with Gasteiger partial charge in [-0.3, -0.25) is 10.1 Å². The molecule has 5 nitrogen and oxygen atoms in total. The molecule has 0 radical (unpaired) electrons. The highest BCUT2D eigenvalue weighted by atomic mass is 16.2. The van der Waals surface area contributed by atoms with Gasteiger partial charge in [0, 0.05) is 31.4 Å². The molecule has 1 amide bonds. The topological polar surface area (TPSA) is 58.1 Å². The molecule has 0 spiro atoms. The third-order valence-electron chi connectivity index (χ3n) is 4.65. The molecular weight excluding hydrogens is 252 g/mol. The summed E-state index contributed by atoms with van der Waals surface area (Å²) in [5, 5.41) is 3.26. The summed E-state index contributed by atoms with van der Waals surface area (Å²) < 4.78 is 0. The van der Waals surface area contributed by atoms with Crippen LogP contribution in [0.3, 0.4) is 0 Å². The van der Waals surface area contributed by atoms with E-state index in [-0.39, 0.29) is 11.9 Å². The minimum Gasteiger partial charge on any atom is -0.341 e. The quantitative estimate of drug-likeness (QED) is 0.888. The Balaban J connectivity index is 1.67. The van der Waals surface area contributed by atoms with Crippen molar-refractivity contribution in [2.24, 2.45) is 11.8 Å². The number of hydrogen-bond acceptors (Lipinski definition) is 4. The first-order valence-electron chi connectivity index (χ1n) is 7.47. The maximum absolute atomic E-state index is 12.6. The lowest BCUT2D eigenvalue weighted by molar-refractivity contribution is -0.135. The zero-order valence-electron chi connectivity index (χ0n) is 12.2. The van der Waals surface area contributed by atoms with Crippen LogP contribution in [0.25, 0.3) is 0 Å². The first kappa shape index (κ1) is 13.5. The van der Waals surface area contributed by atoms with Crippen LogP contribution in [-0.2, 0) is 11.3 Å². The van der Waals surface area contributed by atoms with Crippen molar-refractivity contribution in [3.8, 4) is 0 Å². The Morgan fingerprint density at radius 3 is 2.85 bits per heavy atom. The van der Waals surface area contributed by atoms with E-state index in [0.717, 1.165) is 43.1 Å². The van der Waals surface area contributed by atoms with Gasteiger partial charge >= 0.3 is 0 Å². The van der Waals surface area contributed by atoms with E-state index in [9.17, 15) is 4.79 Å². The molecule has 1 aromatic rings. The summed E-state index contributed by atoms with van der Waals surface area (Å²) in [5.74, 6) is 1.65. The summed E-state index contributed by atoms with van der Waals surface area (Å²) in [6.45, 7) is 6.96. The van der Waals surface area contributed by atoms with Gasteiger partial charge in [0.1, 0.15) is 12.4 Å². The lowest BCUT2D eigenvalue weighted by Gasteiger charge is -2.35. The average Bonchev–Trinajstić information content (AvgIpc) is 2.90. The number of rotatable bonds is 2. The molecular formula is C15H22N4O. The van der Waals surface area contributed by atoms with Gasteiger partial charge in [-0.05, 0) is 24.7 Å². The van der Waals surface area contributed by atoms with Gasteiger partial charge in [0.05, 0.1) is 5.69 Å². The highest BCUT2D eigenvalue weighted by Crippen LogP contribution is 2.28. The second-order valence-corrected chi connectivity index (χ2v) is 6.15. The van der Waals surface area contributed by atoms with Gasteiger partial charge in [0.2, 0.25) is 5.91 Å². The second kappa shape index (κ2) is 5.48. The van der Waals surface area contributed by atoms with E-state index in [1.807, 2.05) is 4.90 Å². The molecule has 1 unspecified atom stereocenters. The molecule has 0 aromatic carbocycles. The average molecular weight is 274 g/mol. The van der Waals surface area contributed by atoms with Gasteiger partial charge in [0.25, 0.3) is 0 Å². The van der Waals surface area contributed by atoms with Gasteiger partial charge in [-0.1, -0.05) is 13.8 Å². The Hall–Kier alpha value is -1.49. The van der Waals surface area contributed by atoms with E-state index in [2.05, 4.69) is 29.1 Å². The highest BCUT2D eigenvalue weighted by molar-refractivity contribution is 5.84. The van der Waals surface area contributed by atoms with Crippen molar-refractivity contribution in [1.29, 1.82) is 0 Å². The summed E-state index contributed by atoms with van der Waals surface area (Å²) >= 11 is 0. The van der Waals surface area contributed by atoms with E-state index in [0.29, 0.717) is 12.5 Å². The maximum Gasteiger partial charge on any atom is 0.244 e. The van der Waals surface area contributed by atoms with Gasteiger partial charge in [0.15, 0.2) is 0 Å². The Morgan fingerprint density at radius 1 is 1.40 bits per heavy atom. The predicted octanol–water partition coefficient (Wildman–Crippen LogP) is 1.52. The number of fused-ring (bicyclic) bond motifs is 1. The van der Waals surface area contributed by atoms with Gasteiger partial charge in [-0.25, -0.2) is 9.97 Å². The second-order valence-electron chi connectivity index (χ2n) is 6.15. The molecule has 1 saturated heterocycles. The van der Waals surface area contributed by atoms with Gasteiger partial charge in [-0.2, -0.15) is 0 Å². The van der Waals surface area contributed by atoms with Crippen LogP contribution in [0.5, 0.6) is 0 Å². The standard InChI is InChI=1S/C15H22N4O/c1-10(2)11-3-5-19(6-4-11)15(20)14-12-7-16-9-18-13(12)8-17-14/h7,9-11,14,17H,3-6,8H2,1-2H3. The molecule has 1 fully saturated rings. The molecule has 0 aliphatic carbocycles. The SMILES string of the molecule is CC(C)C1CCN(C(=O)C2NCc3ncncc32)CC1. The smallest absolute Gasteiger partial charge is 0.244 e. The number of piperidine rings is 1. The number of aromatic nitrogens is 2. The minimum atomic E-state index is -0.248. The number of carbonyl (C=O) groups is 1. The third-order valence-corrected chi connectivity index (χ3v) is 4.65. The molecule has 3 heterocycles. The van der Waals surface area contributed by atoms with Crippen molar-refractivity contribution in [3.63, 3.8) is 0 Å². The molecule has 20 heavy (non-hydrogen) atoms. The van der Waals surface area contributed by atoms with Crippen molar-refractivity contribution in [2.45, 2.75) is 39.3 Å². The molecule has 1 aromatic heterocycles. The number of likely N-dealkylation sites (tertiary alicyclic amines) is 1. The van der Waals surface area contributed by atoms with E-state index >= 15 is 0 Å². The molecule has 0 bridgehead atoms. The summed E-state index contributed by atoms with van der Waals surface area (Å²) in [6, 6.07) is -0.248. The predicted molar refractivity (Wildman–Crippen MR) is 75.8 cm³/mol. The number of nitrogens with one attached hydrogen (secondary N) is 1. The molecule has 1 atom stereocenters. The Labute approximate surface area is 119 Å². The number of carbonyl (C=O) groups excluding carboxylic acids is 1. The van der Waals surface area contributed by atoms with Crippen LogP contribution in [0.1, 0.15) is 44.0 Å². The zero-order valence-corrected chi connectivity index (χ0v) is 12.2. The highest BCUT2D eigenvalue weighted by Gasteiger charge is 2.34. The Kier molecular flexibility index (Phi) is 3.70. The largest absolute Gasteiger partial charge is 0.341 e. The van der Waals surface area contributed by atoms with Crippen molar-refractivity contribution < 1.29 is 4.79 Å². The van der Waals surface area contributed by atoms with E-state index < -0.39 is 0 Å². The molecule has 5 heteroatoms. The van der Waals surface area contributed by atoms with Crippen LogP contribution in [0.15, 0.2) is 12.5 Å². The van der Waals surface area contributed by atoms with E-state index in [1.165, 1.54) is 0 Å². The maximum atomic E-state index is 12.6. The summed E-state index contributed by atoms with van der Waals surface area (Å²) in [7, 11) is 0. The van der Waals surface area contributed by atoms with Crippen LogP contribution in [0.2, 0.25) is 0 Å². The van der Waals surface area contributed by atoms with Crippen LogP contribution in [0, 0.1) is 11.8 Å². The summed E-state index contributed by atoms with van der Waals surface area (Å²) in [6.07, 6.45) is 5.55. The number of amides is 1. The molecule has 2 aliphatic rings. The summed E-state index contributed by atoms with van der Waals surface area (Å²) in [4.78, 5) is 22.9. The van der Waals surface area contributed by atoms with Crippen molar-refractivity contribution >= 4 is 5.91 Å².